The van der Waals surface area contributed by atoms with Crippen molar-refractivity contribution in [1.29, 1.82) is 0 Å². The highest BCUT2D eigenvalue weighted by atomic mass is 79.9. The van der Waals surface area contributed by atoms with Gasteiger partial charge in [-0.05, 0) is 42.9 Å². The van der Waals surface area contributed by atoms with Gasteiger partial charge in [0.05, 0.1) is 13.7 Å². The van der Waals surface area contributed by atoms with Crippen LogP contribution in [0.25, 0.3) is 0 Å². The van der Waals surface area contributed by atoms with Crippen molar-refractivity contribution in [3.05, 3.63) is 68.4 Å². The number of aromatic nitrogens is 3. The molecule has 0 bridgehead atoms. The van der Waals surface area contributed by atoms with Gasteiger partial charge in [-0.1, -0.05) is 34.1 Å². The molecule has 1 heterocycles. The molecular weight excluding hydrogens is 435 g/mol. The highest BCUT2D eigenvalue weighted by molar-refractivity contribution is 9.10. The minimum absolute atomic E-state index is 0.108. The molecule has 0 atom stereocenters. The second-order valence-electron chi connectivity index (χ2n) is 5.72. The van der Waals surface area contributed by atoms with Crippen molar-refractivity contribution in [3.63, 3.8) is 0 Å². The molecule has 27 heavy (non-hydrogen) atoms. The molecule has 0 aliphatic carbocycles. The number of aryl methyl sites for hydroxylation is 1. The molecule has 0 saturated heterocycles. The standard InChI is InChI=1S/C18H18BrFN4O2S/c1-11-22-23-18(27)24(11)21-9-13-7-16(25-2)17(8-14(13)19)26-10-12-5-3-4-6-15(12)20/h3-8,21H,9-10H2,1-2H3,(H,23,27). The van der Waals surface area contributed by atoms with E-state index >= 15 is 0 Å². The van der Waals surface area contributed by atoms with Crippen LogP contribution in [0.4, 0.5) is 4.39 Å². The lowest BCUT2D eigenvalue weighted by molar-refractivity contribution is 0.279. The van der Waals surface area contributed by atoms with E-state index in [0.717, 1.165) is 15.9 Å². The van der Waals surface area contributed by atoms with E-state index in [-0.39, 0.29) is 12.4 Å². The lowest BCUT2D eigenvalue weighted by atomic mass is 10.2. The van der Waals surface area contributed by atoms with Gasteiger partial charge < -0.3 is 14.9 Å². The first-order valence-corrected chi connectivity index (χ1v) is 9.30. The zero-order valence-electron chi connectivity index (χ0n) is 14.8. The number of nitrogens with zero attached hydrogens (tertiary/aromatic N) is 2. The van der Waals surface area contributed by atoms with Crippen LogP contribution in [-0.4, -0.2) is 22.0 Å². The first kappa shape index (κ1) is 19.4. The van der Waals surface area contributed by atoms with Gasteiger partial charge in [-0.25, -0.2) is 9.07 Å². The molecule has 0 amide bonds. The Balaban J connectivity index is 1.76. The number of nitrogens with one attached hydrogen (secondary N) is 2. The normalized spacial score (nSPS) is 10.7. The van der Waals surface area contributed by atoms with E-state index in [1.807, 2.05) is 13.0 Å². The van der Waals surface area contributed by atoms with E-state index in [0.29, 0.717) is 28.4 Å². The molecule has 142 valence electrons. The molecule has 0 fully saturated rings. The van der Waals surface area contributed by atoms with E-state index in [9.17, 15) is 4.39 Å². The highest BCUT2D eigenvalue weighted by Gasteiger charge is 2.12. The fourth-order valence-corrected chi connectivity index (χ4v) is 3.19. The third kappa shape index (κ3) is 4.48. The summed E-state index contributed by atoms with van der Waals surface area (Å²) in [6, 6.07) is 10.2. The van der Waals surface area contributed by atoms with E-state index < -0.39 is 0 Å². The van der Waals surface area contributed by atoms with Crippen molar-refractivity contribution in [2.75, 3.05) is 12.5 Å². The smallest absolute Gasteiger partial charge is 0.214 e. The first-order chi connectivity index (χ1) is 13.0. The third-order valence-electron chi connectivity index (χ3n) is 3.94. The predicted octanol–water partition coefficient (Wildman–Crippen LogP) is 4.48. The van der Waals surface area contributed by atoms with Gasteiger partial charge >= 0.3 is 0 Å². The van der Waals surface area contributed by atoms with Crippen molar-refractivity contribution >= 4 is 28.1 Å². The molecule has 6 nitrogen and oxygen atoms in total. The van der Waals surface area contributed by atoms with Crippen molar-refractivity contribution < 1.29 is 13.9 Å². The minimum Gasteiger partial charge on any atom is -0.493 e. The second kappa shape index (κ2) is 8.53. The fourth-order valence-electron chi connectivity index (χ4n) is 2.48. The molecule has 3 rings (SSSR count). The van der Waals surface area contributed by atoms with Crippen LogP contribution in [-0.2, 0) is 13.2 Å². The van der Waals surface area contributed by atoms with Crippen LogP contribution in [0.3, 0.4) is 0 Å². The molecule has 2 N–H and O–H groups in total. The summed E-state index contributed by atoms with van der Waals surface area (Å²) in [5.41, 5.74) is 4.61. The Morgan fingerprint density at radius 1 is 1.26 bits per heavy atom. The summed E-state index contributed by atoms with van der Waals surface area (Å²) in [6.45, 7) is 2.43. The Bertz CT molecular complexity index is 1010. The third-order valence-corrected chi connectivity index (χ3v) is 4.95. The summed E-state index contributed by atoms with van der Waals surface area (Å²) in [6.07, 6.45) is 0. The van der Waals surface area contributed by atoms with Crippen LogP contribution < -0.4 is 14.9 Å². The molecule has 1 aromatic heterocycles. The van der Waals surface area contributed by atoms with Crippen LogP contribution in [0.1, 0.15) is 17.0 Å². The van der Waals surface area contributed by atoms with Gasteiger partial charge in [0.15, 0.2) is 11.5 Å². The maximum absolute atomic E-state index is 13.8. The minimum atomic E-state index is -0.302. The predicted molar refractivity (Wildman–Crippen MR) is 107 cm³/mol. The maximum Gasteiger partial charge on any atom is 0.214 e. The number of H-pyrrole nitrogens is 1. The van der Waals surface area contributed by atoms with Gasteiger partial charge in [0, 0.05) is 10.0 Å². The molecule has 0 aliphatic rings. The molecule has 0 saturated carbocycles. The van der Waals surface area contributed by atoms with Crippen LogP contribution in [0.15, 0.2) is 40.9 Å². The molecule has 3 aromatic rings. The highest BCUT2D eigenvalue weighted by Crippen LogP contribution is 2.34. The van der Waals surface area contributed by atoms with Gasteiger partial charge in [-0.15, -0.1) is 0 Å². The van der Waals surface area contributed by atoms with E-state index in [1.54, 1.807) is 36.1 Å². The number of ether oxygens (including phenoxy) is 2. The molecule has 9 heteroatoms. The van der Waals surface area contributed by atoms with Crippen LogP contribution in [0, 0.1) is 17.5 Å². The SMILES string of the molecule is COc1cc(CNn2c(C)n[nH]c2=S)c(Br)cc1OCc1ccccc1F. The lowest BCUT2D eigenvalue weighted by Crippen LogP contribution is -2.16. The Kier molecular flexibility index (Phi) is 6.12. The number of hydrogen-bond donors (Lipinski definition) is 2. The van der Waals surface area contributed by atoms with Crippen LogP contribution in [0.5, 0.6) is 11.5 Å². The molecular formula is C18H18BrFN4O2S. The second-order valence-corrected chi connectivity index (χ2v) is 6.96. The topological polar surface area (TPSA) is 64.1 Å². The Morgan fingerprint density at radius 2 is 2.04 bits per heavy atom. The molecule has 0 spiro atoms. The summed E-state index contributed by atoms with van der Waals surface area (Å²) in [4.78, 5) is 0. The van der Waals surface area contributed by atoms with Gasteiger partial charge in [-0.2, -0.15) is 5.10 Å². The molecule has 2 aromatic carbocycles. The summed E-state index contributed by atoms with van der Waals surface area (Å²) in [5, 5.41) is 6.78. The zero-order chi connectivity index (χ0) is 19.4. The van der Waals surface area contributed by atoms with Gasteiger partial charge in [0.2, 0.25) is 4.77 Å². The van der Waals surface area contributed by atoms with Crippen molar-refractivity contribution in [2.24, 2.45) is 0 Å². The van der Waals surface area contributed by atoms with Crippen molar-refractivity contribution in [1.82, 2.24) is 14.9 Å². The van der Waals surface area contributed by atoms with E-state index in [2.05, 4.69) is 31.6 Å². The molecule has 0 radical (unpaired) electrons. The molecule has 0 aliphatic heterocycles. The summed E-state index contributed by atoms with van der Waals surface area (Å²) in [7, 11) is 1.56. The van der Waals surface area contributed by atoms with Crippen LogP contribution in [0.2, 0.25) is 0 Å². The summed E-state index contributed by atoms with van der Waals surface area (Å²) < 4.78 is 28.0. The van der Waals surface area contributed by atoms with Crippen molar-refractivity contribution in [2.45, 2.75) is 20.1 Å². The molecule has 0 unspecified atom stereocenters. The summed E-state index contributed by atoms with van der Waals surface area (Å²) >= 11 is 8.72. The number of rotatable bonds is 7. The Hall–Kier alpha value is -2.39. The average molecular weight is 453 g/mol. The quantitative estimate of drug-likeness (QED) is 0.517. The number of benzene rings is 2. The summed E-state index contributed by atoms with van der Waals surface area (Å²) in [5.74, 6) is 1.50. The average Bonchev–Trinajstić information content (AvgIpc) is 2.98. The fraction of sp³-hybridized carbons (Fsp3) is 0.222. The van der Waals surface area contributed by atoms with Gasteiger partial charge in [0.1, 0.15) is 18.2 Å². The number of hydrogen-bond acceptors (Lipinski definition) is 5. The van der Waals surface area contributed by atoms with E-state index in [1.165, 1.54) is 6.07 Å². The largest absolute Gasteiger partial charge is 0.493 e. The van der Waals surface area contributed by atoms with E-state index in [4.69, 9.17) is 21.7 Å². The maximum atomic E-state index is 13.8. The lowest BCUT2D eigenvalue weighted by Gasteiger charge is -2.15. The zero-order valence-corrected chi connectivity index (χ0v) is 17.2. The van der Waals surface area contributed by atoms with Crippen LogP contribution >= 0.6 is 28.1 Å². The number of methoxy groups -OCH3 is 1. The number of halogens is 2. The Morgan fingerprint density at radius 3 is 2.70 bits per heavy atom. The monoisotopic (exact) mass is 452 g/mol. The van der Waals surface area contributed by atoms with Gasteiger partial charge in [-0.3, -0.25) is 5.10 Å². The van der Waals surface area contributed by atoms with Gasteiger partial charge in [0.25, 0.3) is 0 Å². The first-order valence-electron chi connectivity index (χ1n) is 8.10. The Labute approximate surface area is 169 Å². The van der Waals surface area contributed by atoms with Crippen molar-refractivity contribution in [3.8, 4) is 11.5 Å². The number of aromatic amines is 1.